The van der Waals surface area contributed by atoms with Crippen molar-refractivity contribution in [1.82, 2.24) is 0 Å². The number of hydrogen-bond donors (Lipinski definition) is 1. The lowest BCUT2D eigenvalue weighted by Gasteiger charge is -2.13. The molecule has 1 unspecified atom stereocenters. The van der Waals surface area contributed by atoms with Crippen LogP contribution in [0.25, 0.3) is 0 Å². The molecule has 22 heavy (non-hydrogen) atoms. The van der Waals surface area contributed by atoms with Crippen molar-refractivity contribution in [3.05, 3.63) is 66.0 Å². The Morgan fingerprint density at radius 1 is 1.05 bits per heavy atom. The molecular formula is C16H17FO4S. The Hall–Kier alpha value is -1.92. The van der Waals surface area contributed by atoms with Crippen molar-refractivity contribution in [1.29, 1.82) is 0 Å². The second-order valence-corrected chi connectivity index (χ2v) is 7.07. The maximum atomic E-state index is 12.7. The van der Waals surface area contributed by atoms with Gasteiger partial charge in [-0.15, -0.1) is 0 Å². The van der Waals surface area contributed by atoms with E-state index in [1.807, 2.05) is 6.07 Å². The Labute approximate surface area is 129 Å². The summed E-state index contributed by atoms with van der Waals surface area (Å²) in [4.78, 5) is 0. The van der Waals surface area contributed by atoms with Gasteiger partial charge < -0.3 is 9.84 Å². The van der Waals surface area contributed by atoms with Crippen LogP contribution < -0.4 is 4.74 Å². The summed E-state index contributed by atoms with van der Waals surface area (Å²) in [6.45, 7) is -0.167. The first kappa shape index (κ1) is 16.5. The molecule has 6 heteroatoms. The SMILES string of the molecule is O=S(=O)(Cc1ccccc1)CC(O)COc1ccc(F)cc1. The zero-order valence-corrected chi connectivity index (χ0v) is 12.7. The normalized spacial score (nSPS) is 12.8. The third-order valence-electron chi connectivity index (χ3n) is 2.93. The first-order valence-corrected chi connectivity index (χ1v) is 8.57. The van der Waals surface area contributed by atoms with E-state index in [-0.39, 0.29) is 18.1 Å². The molecule has 0 bridgehead atoms. The Balaban J connectivity index is 1.85. The van der Waals surface area contributed by atoms with Crippen molar-refractivity contribution in [2.24, 2.45) is 0 Å². The summed E-state index contributed by atoms with van der Waals surface area (Å²) >= 11 is 0. The van der Waals surface area contributed by atoms with Gasteiger partial charge in [0.1, 0.15) is 24.3 Å². The van der Waals surface area contributed by atoms with Crippen molar-refractivity contribution in [2.45, 2.75) is 11.9 Å². The molecule has 0 amide bonds. The highest BCUT2D eigenvalue weighted by atomic mass is 32.2. The number of sulfone groups is 1. The second-order valence-electron chi connectivity index (χ2n) is 4.96. The van der Waals surface area contributed by atoms with Crippen molar-refractivity contribution < 1.29 is 22.7 Å². The van der Waals surface area contributed by atoms with E-state index in [2.05, 4.69) is 0 Å². The molecule has 0 aliphatic carbocycles. The van der Waals surface area contributed by atoms with Gasteiger partial charge in [-0.2, -0.15) is 0 Å². The van der Waals surface area contributed by atoms with Crippen LogP contribution in [0.5, 0.6) is 5.75 Å². The van der Waals surface area contributed by atoms with Gasteiger partial charge in [0, 0.05) is 0 Å². The van der Waals surface area contributed by atoms with Crippen LogP contribution in [-0.2, 0) is 15.6 Å². The molecule has 1 N–H and O–H groups in total. The molecule has 118 valence electrons. The number of aliphatic hydroxyl groups is 1. The highest BCUT2D eigenvalue weighted by Crippen LogP contribution is 2.12. The third-order valence-corrected chi connectivity index (χ3v) is 4.60. The van der Waals surface area contributed by atoms with Gasteiger partial charge in [-0.3, -0.25) is 0 Å². The van der Waals surface area contributed by atoms with Crippen LogP contribution in [0.3, 0.4) is 0 Å². The zero-order valence-electron chi connectivity index (χ0n) is 11.9. The lowest BCUT2D eigenvalue weighted by Crippen LogP contribution is -2.27. The molecule has 0 heterocycles. The molecule has 0 spiro atoms. The summed E-state index contributed by atoms with van der Waals surface area (Å²) in [5.74, 6) is -0.524. The summed E-state index contributed by atoms with van der Waals surface area (Å²) in [6.07, 6.45) is -1.14. The predicted octanol–water partition coefficient (Wildman–Crippen LogP) is 2.18. The minimum Gasteiger partial charge on any atom is -0.491 e. The van der Waals surface area contributed by atoms with Crippen LogP contribution in [0.4, 0.5) is 4.39 Å². The maximum Gasteiger partial charge on any atom is 0.157 e. The van der Waals surface area contributed by atoms with Crippen LogP contribution in [0.2, 0.25) is 0 Å². The van der Waals surface area contributed by atoms with Gasteiger partial charge in [0.2, 0.25) is 0 Å². The van der Waals surface area contributed by atoms with Crippen LogP contribution in [0.1, 0.15) is 5.56 Å². The Bertz CT molecular complexity index is 684. The molecule has 0 radical (unpaired) electrons. The van der Waals surface area contributed by atoms with E-state index in [1.54, 1.807) is 24.3 Å². The number of aliphatic hydroxyl groups excluding tert-OH is 1. The van der Waals surface area contributed by atoms with Crippen LogP contribution in [0.15, 0.2) is 54.6 Å². The number of ether oxygens (including phenoxy) is 1. The zero-order chi connectivity index (χ0) is 16.0. The van der Waals surface area contributed by atoms with Crippen LogP contribution in [0, 0.1) is 5.82 Å². The van der Waals surface area contributed by atoms with Crippen LogP contribution >= 0.6 is 0 Å². The lowest BCUT2D eigenvalue weighted by atomic mass is 10.2. The Morgan fingerprint density at radius 3 is 2.32 bits per heavy atom. The molecular weight excluding hydrogens is 307 g/mol. The van der Waals surface area contributed by atoms with Gasteiger partial charge in [-0.1, -0.05) is 30.3 Å². The minimum atomic E-state index is -3.43. The van der Waals surface area contributed by atoms with Gasteiger partial charge >= 0.3 is 0 Å². The minimum absolute atomic E-state index is 0.124. The van der Waals surface area contributed by atoms with Gasteiger partial charge in [0.15, 0.2) is 9.84 Å². The van der Waals surface area contributed by atoms with E-state index < -0.39 is 21.8 Å². The molecule has 0 aromatic heterocycles. The standard InChI is InChI=1S/C16H17FO4S/c17-14-6-8-16(9-7-14)21-10-15(18)12-22(19,20)11-13-4-2-1-3-5-13/h1-9,15,18H,10-12H2. The topological polar surface area (TPSA) is 63.6 Å². The summed E-state index contributed by atoms with van der Waals surface area (Å²) in [6, 6.07) is 14.1. The van der Waals surface area contributed by atoms with Crippen molar-refractivity contribution in [2.75, 3.05) is 12.4 Å². The second kappa shape index (κ2) is 7.38. The number of benzene rings is 2. The van der Waals surface area contributed by atoms with Gasteiger partial charge in [0.25, 0.3) is 0 Å². The predicted molar refractivity (Wildman–Crippen MR) is 81.8 cm³/mol. The van der Waals surface area contributed by atoms with Gasteiger partial charge in [-0.05, 0) is 29.8 Å². The third kappa shape index (κ3) is 5.46. The highest BCUT2D eigenvalue weighted by molar-refractivity contribution is 7.90. The van der Waals surface area contributed by atoms with E-state index in [0.717, 1.165) is 0 Å². The van der Waals surface area contributed by atoms with E-state index in [1.165, 1.54) is 24.3 Å². The summed E-state index contributed by atoms with van der Waals surface area (Å²) in [5.41, 5.74) is 0.675. The first-order valence-electron chi connectivity index (χ1n) is 6.75. The molecule has 0 saturated heterocycles. The Kier molecular flexibility index (Phi) is 5.51. The molecule has 0 saturated carbocycles. The average Bonchev–Trinajstić information content (AvgIpc) is 2.46. The first-order chi connectivity index (χ1) is 10.4. The lowest BCUT2D eigenvalue weighted by molar-refractivity contribution is 0.125. The van der Waals surface area contributed by atoms with Crippen molar-refractivity contribution in [3.63, 3.8) is 0 Å². The number of halogens is 1. The van der Waals surface area contributed by atoms with Gasteiger partial charge in [-0.25, -0.2) is 12.8 Å². The molecule has 0 aliphatic rings. The smallest absolute Gasteiger partial charge is 0.157 e. The Morgan fingerprint density at radius 2 is 1.68 bits per heavy atom. The molecule has 0 aliphatic heterocycles. The molecule has 2 rings (SSSR count). The molecule has 4 nitrogen and oxygen atoms in total. The van der Waals surface area contributed by atoms with Crippen LogP contribution in [-0.4, -0.2) is 32.0 Å². The fourth-order valence-corrected chi connectivity index (χ4v) is 3.45. The van der Waals surface area contributed by atoms with E-state index >= 15 is 0 Å². The number of rotatable bonds is 7. The van der Waals surface area contributed by atoms with E-state index in [9.17, 15) is 17.9 Å². The van der Waals surface area contributed by atoms with Gasteiger partial charge in [0.05, 0.1) is 11.5 Å². The summed E-state index contributed by atoms with van der Waals surface area (Å²) in [5, 5.41) is 9.80. The quantitative estimate of drug-likeness (QED) is 0.848. The monoisotopic (exact) mass is 324 g/mol. The maximum absolute atomic E-state index is 12.7. The molecule has 2 aromatic carbocycles. The largest absolute Gasteiger partial charge is 0.491 e. The average molecular weight is 324 g/mol. The molecule has 0 fully saturated rings. The summed E-state index contributed by atoms with van der Waals surface area (Å²) in [7, 11) is -3.43. The summed E-state index contributed by atoms with van der Waals surface area (Å²) < 4.78 is 42.0. The van der Waals surface area contributed by atoms with E-state index in [4.69, 9.17) is 4.74 Å². The van der Waals surface area contributed by atoms with Crippen molar-refractivity contribution in [3.8, 4) is 5.75 Å². The number of hydrogen-bond acceptors (Lipinski definition) is 4. The fourth-order valence-electron chi connectivity index (χ4n) is 1.95. The molecule has 1 atom stereocenters. The van der Waals surface area contributed by atoms with E-state index in [0.29, 0.717) is 11.3 Å². The highest BCUT2D eigenvalue weighted by Gasteiger charge is 2.18. The fraction of sp³-hybridized carbons (Fsp3) is 0.250. The molecule has 2 aromatic rings. The van der Waals surface area contributed by atoms with Crippen molar-refractivity contribution >= 4 is 9.84 Å².